The Bertz CT molecular complexity index is 855. The maximum atomic E-state index is 12.7. The van der Waals surface area contributed by atoms with Gasteiger partial charge in [0.25, 0.3) is 5.91 Å². The lowest BCUT2D eigenvalue weighted by molar-refractivity contribution is -0.120. The molecule has 2 aromatic rings. The molecule has 1 fully saturated rings. The van der Waals surface area contributed by atoms with E-state index in [4.69, 9.17) is 4.74 Å². The van der Waals surface area contributed by atoms with Crippen LogP contribution in [0.25, 0.3) is 6.08 Å². The minimum atomic E-state index is -0.366. The van der Waals surface area contributed by atoms with Crippen LogP contribution in [0.15, 0.2) is 60.3 Å². The van der Waals surface area contributed by atoms with Gasteiger partial charge >= 0.3 is 0 Å². The van der Waals surface area contributed by atoms with E-state index in [1.54, 1.807) is 6.08 Å². The summed E-state index contributed by atoms with van der Waals surface area (Å²) in [6, 6.07) is 17.0. The third-order valence-corrected chi connectivity index (χ3v) is 4.89. The first-order valence-corrected chi connectivity index (χ1v) is 10.2. The van der Waals surface area contributed by atoms with Crippen LogP contribution in [0.1, 0.15) is 50.2 Å². The van der Waals surface area contributed by atoms with E-state index in [1.165, 1.54) is 26.2 Å². The molecular formula is C24H28N2O3. The van der Waals surface area contributed by atoms with Gasteiger partial charge in [-0.15, -0.1) is 0 Å². The normalized spacial score (nSPS) is 15.0. The third-order valence-electron chi connectivity index (χ3n) is 4.89. The van der Waals surface area contributed by atoms with Gasteiger partial charge < -0.3 is 15.4 Å². The van der Waals surface area contributed by atoms with E-state index in [1.807, 2.05) is 54.6 Å². The Morgan fingerprint density at radius 1 is 1.03 bits per heavy atom. The predicted octanol–water partition coefficient (Wildman–Crippen LogP) is 4.65. The van der Waals surface area contributed by atoms with E-state index >= 15 is 0 Å². The number of hydrogen-bond donors (Lipinski definition) is 2. The lowest BCUT2D eigenvalue weighted by Gasteiger charge is -2.22. The summed E-state index contributed by atoms with van der Waals surface area (Å²) in [6.45, 7) is 1.92. The van der Waals surface area contributed by atoms with Gasteiger partial charge in [0.2, 0.25) is 5.91 Å². The molecule has 0 heterocycles. The molecule has 0 unspecified atom stereocenters. The number of rotatable bonds is 7. The van der Waals surface area contributed by atoms with Crippen LogP contribution >= 0.6 is 0 Å². The second-order valence-electron chi connectivity index (χ2n) is 7.38. The fourth-order valence-electron chi connectivity index (χ4n) is 3.45. The number of carbonyl (C=O) groups excluding carboxylic acids is 2. The van der Waals surface area contributed by atoms with Crippen LogP contribution in [-0.4, -0.2) is 17.9 Å². The van der Waals surface area contributed by atoms with Crippen molar-refractivity contribution in [3.8, 4) is 0 Å². The van der Waals surface area contributed by atoms with Crippen LogP contribution < -0.4 is 10.6 Å². The van der Waals surface area contributed by atoms with Crippen molar-refractivity contribution in [2.24, 2.45) is 0 Å². The molecule has 0 bridgehead atoms. The van der Waals surface area contributed by atoms with E-state index in [9.17, 15) is 9.59 Å². The van der Waals surface area contributed by atoms with Crippen molar-refractivity contribution in [2.75, 3.05) is 5.32 Å². The van der Waals surface area contributed by atoms with Gasteiger partial charge in [-0.25, -0.2) is 0 Å². The standard InChI is InChI=1S/C24H28N2O3/c1-18(27)25-23(16-19-9-4-2-5-10-19)24(28)26-21-12-8-11-20(15-21)17-29-22-13-6-3-7-14-22/h2,4-5,8-12,15-16,22H,3,6-7,13-14,17H2,1H3,(H,25,27)(H,26,28)/b23-16-. The van der Waals surface area contributed by atoms with Gasteiger partial charge in [0.15, 0.2) is 0 Å². The van der Waals surface area contributed by atoms with Crippen LogP contribution in [0.5, 0.6) is 0 Å². The largest absolute Gasteiger partial charge is 0.374 e. The topological polar surface area (TPSA) is 67.4 Å². The molecule has 5 nitrogen and oxygen atoms in total. The average Bonchev–Trinajstić information content (AvgIpc) is 2.73. The van der Waals surface area contributed by atoms with E-state index < -0.39 is 0 Å². The van der Waals surface area contributed by atoms with Crippen molar-refractivity contribution in [3.63, 3.8) is 0 Å². The van der Waals surface area contributed by atoms with Crippen LogP contribution in [-0.2, 0) is 20.9 Å². The summed E-state index contributed by atoms with van der Waals surface area (Å²) in [5.41, 5.74) is 2.72. The number of anilines is 1. The Hall–Kier alpha value is -2.92. The number of nitrogens with one attached hydrogen (secondary N) is 2. The maximum absolute atomic E-state index is 12.7. The number of carbonyl (C=O) groups is 2. The third kappa shape index (κ3) is 6.88. The van der Waals surface area contributed by atoms with Crippen LogP contribution in [0.4, 0.5) is 5.69 Å². The number of amides is 2. The smallest absolute Gasteiger partial charge is 0.272 e. The maximum Gasteiger partial charge on any atom is 0.272 e. The van der Waals surface area contributed by atoms with Crippen molar-refractivity contribution >= 4 is 23.6 Å². The molecule has 3 rings (SSSR count). The highest BCUT2D eigenvalue weighted by atomic mass is 16.5. The molecule has 1 saturated carbocycles. The molecule has 5 heteroatoms. The lowest BCUT2D eigenvalue weighted by Crippen LogP contribution is -2.29. The molecule has 2 aromatic carbocycles. The van der Waals surface area contributed by atoms with Gasteiger partial charge in [0.05, 0.1) is 12.7 Å². The first kappa shape index (κ1) is 20.8. The molecule has 29 heavy (non-hydrogen) atoms. The Balaban J connectivity index is 1.66. The predicted molar refractivity (Wildman–Crippen MR) is 115 cm³/mol. The van der Waals surface area contributed by atoms with E-state index in [-0.39, 0.29) is 17.5 Å². The molecule has 1 aliphatic rings. The summed E-state index contributed by atoms with van der Waals surface area (Å²) in [7, 11) is 0. The zero-order valence-electron chi connectivity index (χ0n) is 16.8. The Labute approximate surface area is 172 Å². The molecule has 2 N–H and O–H groups in total. The summed E-state index contributed by atoms with van der Waals surface area (Å²) in [5.74, 6) is -0.661. The monoisotopic (exact) mass is 392 g/mol. The molecule has 0 atom stereocenters. The highest BCUT2D eigenvalue weighted by Gasteiger charge is 2.14. The fraction of sp³-hybridized carbons (Fsp3) is 0.333. The zero-order chi connectivity index (χ0) is 20.5. The Morgan fingerprint density at radius 3 is 2.52 bits per heavy atom. The minimum Gasteiger partial charge on any atom is -0.374 e. The second-order valence-corrected chi connectivity index (χ2v) is 7.38. The first-order valence-electron chi connectivity index (χ1n) is 10.2. The van der Waals surface area contributed by atoms with Gasteiger partial charge in [-0.3, -0.25) is 9.59 Å². The molecule has 0 radical (unpaired) electrons. The summed E-state index contributed by atoms with van der Waals surface area (Å²) >= 11 is 0. The van der Waals surface area contributed by atoms with Crippen LogP contribution in [0, 0.1) is 0 Å². The van der Waals surface area contributed by atoms with Crippen molar-refractivity contribution in [2.45, 2.75) is 51.7 Å². The van der Waals surface area contributed by atoms with Crippen molar-refractivity contribution in [1.29, 1.82) is 0 Å². The van der Waals surface area contributed by atoms with Gasteiger partial charge in [0, 0.05) is 12.6 Å². The molecule has 1 aliphatic carbocycles. The van der Waals surface area contributed by atoms with Gasteiger partial charge in [-0.2, -0.15) is 0 Å². The molecule has 0 spiro atoms. The zero-order valence-corrected chi connectivity index (χ0v) is 16.8. The molecule has 0 aliphatic heterocycles. The van der Waals surface area contributed by atoms with E-state index in [2.05, 4.69) is 10.6 Å². The van der Waals surface area contributed by atoms with E-state index in [0.717, 1.165) is 24.0 Å². The van der Waals surface area contributed by atoms with Crippen molar-refractivity contribution < 1.29 is 14.3 Å². The first-order chi connectivity index (χ1) is 14.1. The van der Waals surface area contributed by atoms with Crippen molar-refractivity contribution in [1.82, 2.24) is 5.32 Å². The van der Waals surface area contributed by atoms with Crippen LogP contribution in [0.2, 0.25) is 0 Å². The number of ether oxygens (including phenoxy) is 1. The van der Waals surface area contributed by atoms with Gasteiger partial charge in [-0.1, -0.05) is 61.7 Å². The number of benzene rings is 2. The SMILES string of the molecule is CC(=O)N/C(=C\c1ccccc1)C(=O)Nc1cccc(COC2CCCCC2)c1. The lowest BCUT2D eigenvalue weighted by atomic mass is 9.98. The van der Waals surface area contributed by atoms with E-state index in [0.29, 0.717) is 18.4 Å². The average molecular weight is 392 g/mol. The highest BCUT2D eigenvalue weighted by molar-refractivity contribution is 6.08. The second kappa shape index (κ2) is 10.6. The molecule has 152 valence electrons. The Kier molecular flexibility index (Phi) is 7.59. The molecule has 0 aromatic heterocycles. The Morgan fingerprint density at radius 2 is 1.79 bits per heavy atom. The summed E-state index contributed by atoms with van der Waals surface area (Å²) in [5, 5.41) is 5.49. The number of hydrogen-bond acceptors (Lipinski definition) is 3. The molecular weight excluding hydrogens is 364 g/mol. The molecule has 0 saturated heterocycles. The highest BCUT2D eigenvalue weighted by Crippen LogP contribution is 2.22. The van der Waals surface area contributed by atoms with Gasteiger partial charge in [0.1, 0.15) is 5.70 Å². The quantitative estimate of drug-likeness (QED) is 0.674. The summed E-state index contributed by atoms with van der Waals surface area (Å²) < 4.78 is 6.03. The minimum absolute atomic E-state index is 0.201. The van der Waals surface area contributed by atoms with Crippen LogP contribution in [0.3, 0.4) is 0 Å². The fourth-order valence-corrected chi connectivity index (χ4v) is 3.45. The molecule has 2 amide bonds. The van der Waals surface area contributed by atoms with Gasteiger partial charge in [-0.05, 0) is 42.2 Å². The summed E-state index contributed by atoms with van der Waals surface area (Å²) in [6.07, 6.45) is 8.02. The summed E-state index contributed by atoms with van der Waals surface area (Å²) in [4.78, 5) is 24.3. The van der Waals surface area contributed by atoms with Crippen molar-refractivity contribution in [3.05, 3.63) is 71.4 Å².